The van der Waals surface area contributed by atoms with Crippen LogP contribution in [-0.2, 0) is 23.2 Å². The minimum atomic E-state index is -0.609. The van der Waals surface area contributed by atoms with Gasteiger partial charge in [-0.25, -0.2) is 9.18 Å². The number of ether oxygens (including phenoxy) is 2. The summed E-state index contributed by atoms with van der Waals surface area (Å²) in [7, 11) is 3.01. The zero-order valence-corrected chi connectivity index (χ0v) is 22.6. The minimum Gasteiger partial charge on any atom is -0.484 e. The number of esters is 1. The number of hydrogen-bond donors (Lipinski definition) is 1. The number of nitrogens with one attached hydrogen (secondary N) is 1. The van der Waals surface area contributed by atoms with Gasteiger partial charge in [0.25, 0.3) is 0 Å². The molecular weight excluding hydrogens is 562 g/mol. The molecule has 2 aromatic heterocycles. The molecule has 0 saturated heterocycles. The number of aromatic nitrogens is 3. The van der Waals surface area contributed by atoms with Crippen LogP contribution in [0.3, 0.4) is 0 Å². The van der Waals surface area contributed by atoms with Crippen molar-refractivity contribution in [3.8, 4) is 16.9 Å². The fraction of sp³-hybridized carbons (Fsp3) is 0.167. The van der Waals surface area contributed by atoms with Crippen LogP contribution in [0.4, 0.5) is 9.39 Å². The Labute approximate surface area is 229 Å². The van der Waals surface area contributed by atoms with Crippen LogP contribution in [0, 0.1) is 5.82 Å². The van der Waals surface area contributed by atoms with Gasteiger partial charge in [0.05, 0.1) is 17.9 Å². The lowest BCUT2D eigenvalue weighted by atomic mass is 10.0. The maximum Gasteiger partial charge on any atom is 0.341 e. The van der Waals surface area contributed by atoms with Gasteiger partial charge in [0.2, 0.25) is 5.91 Å². The van der Waals surface area contributed by atoms with Crippen molar-refractivity contribution >= 4 is 63.2 Å². The van der Waals surface area contributed by atoms with Gasteiger partial charge in [-0.2, -0.15) is 0 Å². The van der Waals surface area contributed by atoms with Crippen LogP contribution in [0.5, 0.6) is 5.75 Å². The number of methoxy groups -OCH3 is 1. The number of hydrogen-bond acceptors (Lipinski definition) is 8. The number of thioether (sulfide) groups is 1. The number of halogens is 3. The maximum atomic E-state index is 13.3. The summed E-state index contributed by atoms with van der Waals surface area (Å²) in [5.41, 5.74) is 1.37. The average molecular weight is 581 g/mol. The van der Waals surface area contributed by atoms with Gasteiger partial charge in [-0.15, -0.1) is 21.5 Å². The smallest absolute Gasteiger partial charge is 0.341 e. The Morgan fingerprint density at radius 1 is 1.16 bits per heavy atom. The van der Waals surface area contributed by atoms with E-state index in [1.165, 1.54) is 42.3 Å². The number of benzene rings is 2. The molecule has 0 fully saturated rings. The third-order valence-electron chi connectivity index (χ3n) is 5.10. The maximum absolute atomic E-state index is 13.3. The number of nitrogens with zero attached hydrogens (tertiary/aromatic N) is 3. The summed E-state index contributed by atoms with van der Waals surface area (Å²) in [6.07, 6.45) is 0. The molecule has 0 bridgehead atoms. The molecule has 2 aromatic carbocycles. The van der Waals surface area contributed by atoms with Gasteiger partial charge in [-0.05, 0) is 35.9 Å². The lowest BCUT2D eigenvalue weighted by Gasteiger charge is -2.09. The van der Waals surface area contributed by atoms with Crippen LogP contribution in [0.1, 0.15) is 16.2 Å². The predicted molar refractivity (Wildman–Crippen MR) is 142 cm³/mol. The Hall–Kier alpha value is -3.12. The quantitative estimate of drug-likeness (QED) is 0.189. The van der Waals surface area contributed by atoms with E-state index in [0.29, 0.717) is 42.9 Å². The SMILES string of the molecule is COC(=O)c1c(-c2ccc(F)cc2)csc1NC(=O)CSc1nnc(COc2ccc(Cl)cc2Cl)n1C. The van der Waals surface area contributed by atoms with Crippen molar-refractivity contribution in [2.24, 2.45) is 7.05 Å². The number of amides is 1. The van der Waals surface area contributed by atoms with Crippen LogP contribution in [0.2, 0.25) is 10.0 Å². The predicted octanol–water partition coefficient (Wildman–Crippen LogP) is 6.09. The summed E-state index contributed by atoms with van der Waals surface area (Å²) in [5, 5.41) is 14.4. The van der Waals surface area contributed by atoms with Crippen molar-refractivity contribution in [3.63, 3.8) is 0 Å². The minimum absolute atomic E-state index is 0.0141. The summed E-state index contributed by atoms with van der Waals surface area (Å²) >= 11 is 14.4. The van der Waals surface area contributed by atoms with Crippen molar-refractivity contribution in [2.75, 3.05) is 18.2 Å². The zero-order valence-electron chi connectivity index (χ0n) is 19.5. The molecule has 4 rings (SSSR count). The molecule has 0 unspecified atom stereocenters. The van der Waals surface area contributed by atoms with Crippen molar-refractivity contribution in [1.29, 1.82) is 0 Å². The van der Waals surface area contributed by atoms with Crippen LogP contribution >= 0.6 is 46.3 Å². The second kappa shape index (κ2) is 12.0. The number of anilines is 1. The van der Waals surface area contributed by atoms with E-state index in [9.17, 15) is 14.0 Å². The van der Waals surface area contributed by atoms with E-state index in [2.05, 4.69) is 15.5 Å². The molecule has 0 radical (unpaired) electrons. The first-order chi connectivity index (χ1) is 17.8. The Morgan fingerprint density at radius 2 is 1.92 bits per heavy atom. The molecule has 8 nitrogen and oxygen atoms in total. The topological polar surface area (TPSA) is 95.3 Å². The highest BCUT2D eigenvalue weighted by molar-refractivity contribution is 7.99. The van der Waals surface area contributed by atoms with Crippen LogP contribution < -0.4 is 10.1 Å². The van der Waals surface area contributed by atoms with E-state index in [0.717, 1.165) is 0 Å². The van der Waals surface area contributed by atoms with Crippen LogP contribution in [0.25, 0.3) is 11.1 Å². The third-order valence-corrected chi connectivity index (χ3v) is 7.54. The molecular formula is C24H19Cl2FN4O4S2. The van der Waals surface area contributed by atoms with Gasteiger partial charge in [-0.3, -0.25) is 4.79 Å². The van der Waals surface area contributed by atoms with E-state index in [1.807, 2.05) is 0 Å². The average Bonchev–Trinajstić information content (AvgIpc) is 3.45. The Bertz CT molecular complexity index is 1440. The molecule has 1 amide bonds. The molecule has 0 spiro atoms. The van der Waals surface area contributed by atoms with Gasteiger partial charge in [0.1, 0.15) is 28.7 Å². The summed E-state index contributed by atoms with van der Waals surface area (Å²) in [4.78, 5) is 25.2. The number of rotatable bonds is 9. The first kappa shape index (κ1) is 26.9. The normalized spacial score (nSPS) is 10.8. The number of carbonyl (C=O) groups excluding carboxylic acids is 2. The molecule has 4 aromatic rings. The van der Waals surface area contributed by atoms with Gasteiger partial charge in [0.15, 0.2) is 11.0 Å². The monoisotopic (exact) mass is 580 g/mol. The number of thiophene rings is 1. The summed E-state index contributed by atoms with van der Waals surface area (Å²) in [5.74, 6) is -0.348. The molecule has 0 aliphatic rings. The largest absolute Gasteiger partial charge is 0.484 e. The van der Waals surface area contributed by atoms with Crippen LogP contribution in [-0.4, -0.2) is 39.5 Å². The summed E-state index contributed by atoms with van der Waals surface area (Å²) in [6, 6.07) is 10.6. The molecule has 0 aliphatic heterocycles. The highest BCUT2D eigenvalue weighted by Crippen LogP contribution is 2.36. The van der Waals surface area contributed by atoms with E-state index >= 15 is 0 Å². The number of carbonyl (C=O) groups is 2. The van der Waals surface area contributed by atoms with Crippen molar-refractivity contribution in [2.45, 2.75) is 11.8 Å². The first-order valence-electron chi connectivity index (χ1n) is 10.6. The fourth-order valence-electron chi connectivity index (χ4n) is 3.22. The summed E-state index contributed by atoms with van der Waals surface area (Å²) in [6.45, 7) is 0.113. The summed E-state index contributed by atoms with van der Waals surface area (Å²) < 4.78 is 25.7. The van der Waals surface area contributed by atoms with Gasteiger partial charge in [0, 0.05) is 23.0 Å². The van der Waals surface area contributed by atoms with Crippen LogP contribution in [0.15, 0.2) is 53.0 Å². The second-order valence-corrected chi connectivity index (χ2v) is 10.2. The highest BCUT2D eigenvalue weighted by atomic mass is 35.5. The van der Waals surface area contributed by atoms with E-state index in [4.69, 9.17) is 32.7 Å². The highest BCUT2D eigenvalue weighted by Gasteiger charge is 2.23. The third kappa shape index (κ3) is 6.42. The standard InChI is InChI=1S/C24H19Cl2FN4O4S2/c1-31-19(10-35-18-8-5-14(25)9-17(18)26)29-30-24(31)37-12-20(32)28-22-21(23(33)34-2)16(11-36-22)13-3-6-15(27)7-4-13/h3-9,11H,10,12H2,1-2H3,(H,28,32). The molecule has 192 valence electrons. The first-order valence-corrected chi connectivity index (χ1v) is 13.2. The van der Waals surface area contributed by atoms with E-state index in [1.54, 1.807) is 47.3 Å². The van der Waals surface area contributed by atoms with Gasteiger partial charge >= 0.3 is 5.97 Å². The van der Waals surface area contributed by atoms with Gasteiger partial charge < -0.3 is 19.4 Å². The van der Waals surface area contributed by atoms with Crippen molar-refractivity contribution < 1.29 is 23.5 Å². The Kier molecular flexibility index (Phi) is 8.70. The van der Waals surface area contributed by atoms with Gasteiger partial charge in [-0.1, -0.05) is 47.1 Å². The lowest BCUT2D eigenvalue weighted by molar-refractivity contribution is -0.113. The molecule has 1 N–H and O–H groups in total. The molecule has 37 heavy (non-hydrogen) atoms. The Balaban J connectivity index is 1.40. The van der Waals surface area contributed by atoms with Crippen molar-refractivity contribution in [3.05, 3.63) is 75.1 Å². The molecule has 0 atom stereocenters. The molecule has 0 aliphatic carbocycles. The van der Waals surface area contributed by atoms with E-state index in [-0.39, 0.29) is 23.8 Å². The second-order valence-electron chi connectivity index (χ2n) is 7.51. The molecule has 2 heterocycles. The fourth-order valence-corrected chi connectivity index (χ4v) is 5.39. The lowest BCUT2D eigenvalue weighted by Crippen LogP contribution is -2.16. The molecule has 0 saturated carbocycles. The molecule has 13 heteroatoms. The zero-order chi connectivity index (χ0) is 26.5. The Morgan fingerprint density at radius 3 is 2.62 bits per heavy atom. The van der Waals surface area contributed by atoms with E-state index < -0.39 is 11.8 Å². The van der Waals surface area contributed by atoms with Crippen molar-refractivity contribution in [1.82, 2.24) is 14.8 Å².